The number of carboxylic acid groups (broad SMARTS) is 1. The number of aromatic amines is 1. The first kappa shape index (κ1) is 8.22. The monoisotopic (exact) mass is 204 g/mol. The van der Waals surface area contributed by atoms with Gasteiger partial charge in [-0.1, -0.05) is 6.08 Å². The summed E-state index contributed by atoms with van der Waals surface area (Å²) in [6, 6.07) is -0.667. The van der Waals surface area contributed by atoms with Crippen molar-refractivity contribution in [1.29, 1.82) is 0 Å². The molecule has 0 bridgehead atoms. The molecule has 0 saturated carbocycles. The average Bonchev–Trinajstić information content (AvgIpc) is 2.82. The molecule has 76 valence electrons. The van der Waals surface area contributed by atoms with E-state index in [9.17, 15) is 4.79 Å². The number of hydrogen-bond donors (Lipinski definition) is 3. The van der Waals surface area contributed by atoms with Crippen LogP contribution in [0.2, 0.25) is 0 Å². The number of carboxylic acids is 1. The zero-order valence-corrected chi connectivity index (χ0v) is 7.64. The first-order chi connectivity index (χ1) is 7.27. The Morgan fingerprint density at radius 2 is 2.40 bits per heavy atom. The third kappa shape index (κ3) is 1.01. The van der Waals surface area contributed by atoms with E-state index in [1.807, 2.05) is 12.2 Å². The van der Waals surface area contributed by atoms with E-state index in [0.29, 0.717) is 0 Å². The second-order valence-electron chi connectivity index (χ2n) is 3.52. The van der Waals surface area contributed by atoms with Crippen molar-refractivity contribution in [3.8, 4) is 0 Å². The summed E-state index contributed by atoms with van der Waals surface area (Å²) in [6.07, 6.45) is 5.34. The van der Waals surface area contributed by atoms with E-state index in [-0.39, 0.29) is 5.92 Å². The van der Waals surface area contributed by atoms with Gasteiger partial charge in [-0.15, -0.1) is 0 Å². The number of H-pyrrole nitrogens is 1. The van der Waals surface area contributed by atoms with Crippen molar-refractivity contribution in [2.24, 2.45) is 11.0 Å². The Bertz CT molecular complexity index is 488. The lowest BCUT2D eigenvalue weighted by molar-refractivity contribution is -0.139. The maximum atomic E-state index is 10.9. The highest BCUT2D eigenvalue weighted by Gasteiger charge is 2.38. The molecule has 2 aliphatic rings. The SMILES string of the molecule is O=C(O)C1NN=C2c3cn[nH]c3C=CC21. The van der Waals surface area contributed by atoms with E-state index in [0.717, 1.165) is 17.0 Å². The second kappa shape index (κ2) is 2.69. The van der Waals surface area contributed by atoms with Crippen molar-refractivity contribution in [1.82, 2.24) is 15.6 Å². The maximum Gasteiger partial charge on any atom is 0.328 e. The van der Waals surface area contributed by atoms with Gasteiger partial charge >= 0.3 is 5.97 Å². The topological polar surface area (TPSA) is 90.4 Å². The molecule has 2 atom stereocenters. The van der Waals surface area contributed by atoms with E-state index in [4.69, 9.17) is 5.11 Å². The van der Waals surface area contributed by atoms with Crippen LogP contribution in [0.4, 0.5) is 0 Å². The molecule has 1 aliphatic heterocycles. The van der Waals surface area contributed by atoms with Crippen molar-refractivity contribution in [3.05, 3.63) is 23.5 Å². The van der Waals surface area contributed by atoms with Crippen LogP contribution in [0.1, 0.15) is 11.3 Å². The number of hydrazone groups is 1. The Balaban J connectivity index is 2.06. The number of nitrogens with one attached hydrogen (secondary N) is 2. The number of fused-ring (bicyclic) bond motifs is 3. The van der Waals surface area contributed by atoms with Crippen LogP contribution in [0.15, 0.2) is 17.4 Å². The predicted molar refractivity (Wildman–Crippen MR) is 52.2 cm³/mol. The zero-order chi connectivity index (χ0) is 10.4. The Morgan fingerprint density at radius 3 is 3.20 bits per heavy atom. The van der Waals surface area contributed by atoms with Crippen LogP contribution >= 0.6 is 0 Å². The van der Waals surface area contributed by atoms with Crippen molar-refractivity contribution in [3.63, 3.8) is 0 Å². The van der Waals surface area contributed by atoms with Crippen LogP contribution in [0, 0.1) is 5.92 Å². The number of rotatable bonds is 1. The largest absolute Gasteiger partial charge is 0.480 e. The summed E-state index contributed by atoms with van der Waals surface area (Å²) in [5.41, 5.74) is 5.12. The Morgan fingerprint density at radius 1 is 1.53 bits per heavy atom. The highest BCUT2D eigenvalue weighted by molar-refractivity contribution is 6.10. The van der Waals surface area contributed by atoms with Crippen LogP contribution in [-0.2, 0) is 4.79 Å². The van der Waals surface area contributed by atoms with Gasteiger partial charge in [0.25, 0.3) is 0 Å². The van der Waals surface area contributed by atoms with Crippen LogP contribution in [-0.4, -0.2) is 33.0 Å². The second-order valence-corrected chi connectivity index (χ2v) is 3.52. The van der Waals surface area contributed by atoms with Crippen LogP contribution in [0.3, 0.4) is 0 Å². The molecule has 0 saturated heterocycles. The first-order valence-electron chi connectivity index (χ1n) is 4.55. The van der Waals surface area contributed by atoms with Gasteiger partial charge in [0.1, 0.15) is 0 Å². The van der Waals surface area contributed by atoms with Gasteiger partial charge in [-0.2, -0.15) is 10.2 Å². The van der Waals surface area contributed by atoms with Crippen molar-refractivity contribution in [2.75, 3.05) is 0 Å². The van der Waals surface area contributed by atoms with Crippen molar-refractivity contribution < 1.29 is 9.90 Å². The molecule has 0 fully saturated rings. The molecule has 2 heterocycles. The van der Waals surface area contributed by atoms with E-state index < -0.39 is 12.0 Å². The first-order valence-corrected chi connectivity index (χ1v) is 4.55. The Kier molecular flexibility index (Phi) is 1.47. The van der Waals surface area contributed by atoms with Gasteiger partial charge in [0.05, 0.1) is 23.5 Å². The fourth-order valence-corrected chi connectivity index (χ4v) is 1.93. The summed E-state index contributed by atoms with van der Waals surface area (Å²) >= 11 is 0. The van der Waals surface area contributed by atoms with E-state index in [1.165, 1.54) is 0 Å². The summed E-state index contributed by atoms with van der Waals surface area (Å²) in [6.45, 7) is 0. The lowest BCUT2D eigenvalue weighted by atomic mass is 9.87. The third-order valence-electron chi connectivity index (χ3n) is 2.68. The van der Waals surface area contributed by atoms with Gasteiger partial charge < -0.3 is 5.11 Å². The van der Waals surface area contributed by atoms with Gasteiger partial charge in [-0.25, -0.2) is 4.79 Å². The summed E-state index contributed by atoms with van der Waals surface area (Å²) in [5, 5.41) is 19.7. The Labute approximate surface area is 84.7 Å². The smallest absolute Gasteiger partial charge is 0.328 e. The fraction of sp³-hybridized carbons (Fsp3) is 0.222. The summed E-state index contributed by atoms with van der Waals surface area (Å²) in [7, 11) is 0. The molecule has 0 radical (unpaired) electrons. The third-order valence-corrected chi connectivity index (χ3v) is 2.68. The van der Waals surface area contributed by atoms with Gasteiger partial charge in [0.2, 0.25) is 0 Å². The number of aliphatic carboxylic acids is 1. The molecule has 0 spiro atoms. The quantitative estimate of drug-likeness (QED) is 0.591. The van der Waals surface area contributed by atoms with Gasteiger partial charge in [0.15, 0.2) is 6.04 Å². The minimum absolute atomic E-state index is 0.201. The minimum Gasteiger partial charge on any atom is -0.480 e. The molecule has 2 unspecified atom stereocenters. The number of nitrogens with zero attached hydrogens (tertiary/aromatic N) is 2. The van der Waals surface area contributed by atoms with E-state index >= 15 is 0 Å². The zero-order valence-electron chi connectivity index (χ0n) is 7.64. The molecule has 6 nitrogen and oxygen atoms in total. The van der Waals surface area contributed by atoms with Gasteiger partial charge in [-0.3, -0.25) is 10.5 Å². The predicted octanol–water partition coefficient (Wildman–Crippen LogP) is -0.187. The molecule has 6 heteroatoms. The fourth-order valence-electron chi connectivity index (χ4n) is 1.93. The average molecular weight is 204 g/mol. The highest BCUT2D eigenvalue weighted by Crippen LogP contribution is 2.27. The standard InChI is InChI=1S/C9H8N4O2/c14-9(15)8-4-1-2-6-5(3-10-11-6)7(4)12-13-8/h1-4,8,13H,(H,10,11)(H,14,15). The van der Waals surface area contributed by atoms with E-state index in [1.54, 1.807) is 6.20 Å². The maximum absolute atomic E-state index is 10.9. The van der Waals surface area contributed by atoms with Gasteiger partial charge in [0, 0.05) is 5.56 Å². The summed E-state index contributed by atoms with van der Waals surface area (Å²) < 4.78 is 0. The molecule has 1 aromatic heterocycles. The molecular formula is C9H8N4O2. The van der Waals surface area contributed by atoms with Gasteiger partial charge in [-0.05, 0) is 6.08 Å². The molecule has 1 aliphatic carbocycles. The molecule has 0 amide bonds. The lowest BCUT2D eigenvalue weighted by Gasteiger charge is -2.15. The normalized spacial score (nSPS) is 26.5. The summed E-state index contributed by atoms with van der Waals surface area (Å²) in [5.74, 6) is -1.09. The molecule has 0 aromatic carbocycles. The number of carbonyl (C=O) groups is 1. The van der Waals surface area contributed by atoms with Crippen LogP contribution < -0.4 is 5.43 Å². The number of aromatic nitrogens is 2. The molecule has 3 rings (SSSR count). The molecule has 3 N–H and O–H groups in total. The minimum atomic E-state index is -0.893. The number of hydrogen-bond acceptors (Lipinski definition) is 4. The van der Waals surface area contributed by atoms with Crippen molar-refractivity contribution >= 4 is 17.8 Å². The Hall–Kier alpha value is -2.11. The summed E-state index contributed by atoms with van der Waals surface area (Å²) in [4.78, 5) is 10.9. The lowest BCUT2D eigenvalue weighted by Crippen LogP contribution is -2.37. The van der Waals surface area contributed by atoms with Crippen molar-refractivity contribution in [2.45, 2.75) is 6.04 Å². The van der Waals surface area contributed by atoms with Crippen LogP contribution in [0.5, 0.6) is 0 Å². The molecule has 15 heavy (non-hydrogen) atoms. The van der Waals surface area contributed by atoms with Crippen LogP contribution in [0.25, 0.3) is 6.08 Å². The molecule has 1 aromatic rings. The van der Waals surface area contributed by atoms with E-state index in [2.05, 4.69) is 20.7 Å². The highest BCUT2D eigenvalue weighted by atomic mass is 16.4. The molecular weight excluding hydrogens is 196 g/mol.